The normalized spacial score (nSPS) is 12.9. The zero-order chi connectivity index (χ0) is 17.6. The smallest absolute Gasteiger partial charge is 0.416 e. The first-order chi connectivity index (χ1) is 11.4. The van der Waals surface area contributed by atoms with E-state index in [-0.39, 0.29) is 12.1 Å². The summed E-state index contributed by atoms with van der Waals surface area (Å²) in [5, 5.41) is 13.1. The molecule has 0 aliphatic carbocycles. The molecule has 0 bridgehead atoms. The van der Waals surface area contributed by atoms with Crippen LogP contribution in [0.1, 0.15) is 22.8 Å². The van der Waals surface area contributed by atoms with Gasteiger partial charge in [-0.15, -0.1) is 0 Å². The number of aliphatic hydroxyl groups is 1. The number of rotatable bonds is 7. The molecule has 3 nitrogen and oxygen atoms in total. The van der Waals surface area contributed by atoms with Crippen LogP contribution in [0, 0.1) is 0 Å². The van der Waals surface area contributed by atoms with Gasteiger partial charge >= 0.3 is 6.18 Å². The van der Waals surface area contributed by atoms with Gasteiger partial charge in [-0.2, -0.15) is 13.2 Å². The highest BCUT2D eigenvalue weighted by atomic mass is 19.4. The summed E-state index contributed by atoms with van der Waals surface area (Å²) in [6.45, 7) is 0.805. The van der Waals surface area contributed by atoms with Crippen molar-refractivity contribution in [2.45, 2.75) is 18.7 Å². The molecule has 0 heterocycles. The largest absolute Gasteiger partial charge is 0.497 e. The maximum atomic E-state index is 12.7. The summed E-state index contributed by atoms with van der Waals surface area (Å²) < 4.78 is 43.1. The second-order valence-electron chi connectivity index (χ2n) is 5.44. The third-order valence-electron chi connectivity index (χ3n) is 3.69. The zero-order valence-corrected chi connectivity index (χ0v) is 13.3. The Morgan fingerprint density at radius 1 is 1.12 bits per heavy atom. The van der Waals surface area contributed by atoms with Crippen LogP contribution in [-0.2, 0) is 12.6 Å². The van der Waals surface area contributed by atoms with Crippen molar-refractivity contribution in [2.24, 2.45) is 0 Å². The maximum absolute atomic E-state index is 12.7. The summed E-state index contributed by atoms with van der Waals surface area (Å²) in [7, 11) is 1.60. The lowest BCUT2D eigenvalue weighted by Gasteiger charge is -2.14. The van der Waals surface area contributed by atoms with E-state index in [9.17, 15) is 18.3 Å². The molecule has 0 spiro atoms. The number of nitrogens with one attached hydrogen (secondary N) is 1. The highest BCUT2D eigenvalue weighted by molar-refractivity contribution is 5.28. The fourth-order valence-electron chi connectivity index (χ4n) is 2.30. The lowest BCUT2D eigenvalue weighted by Crippen LogP contribution is -2.24. The number of hydrogen-bond donors (Lipinski definition) is 2. The molecule has 2 N–H and O–H groups in total. The lowest BCUT2D eigenvalue weighted by atomic mass is 10.1. The van der Waals surface area contributed by atoms with Crippen LogP contribution in [0.5, 0.6) is 5.75 Å². The molecule has 24 heavy (non-hydrogen) atoms. The lowest BCUT2D eigenvalue weighted by molar-refractivity contribution is -0.137. The van der Waals surface area contributed by atoms with Crippen LogP contribution in [-0.4, -0.2) is 25.3 Å². The van der Waals surface area contributed by atoms with Crippen LogP contribution >= 0.6 is 0 Å². The molecular formula is C18H20F3NO2. The van der Waals surface area contributed by atoms with Crippen LogP contribution < -0.4 is 10.1 Å². The fourth-order valence-corrected chi connectivity index (χ4v) is 2.30. The van der Waals surface area contributed by atoms with E-state index in [2.05, 4.69) is 5.32 Å². The van der Waals surface area contributed by atoms with Gasteiger partial charge in [0.15, 0.2) is 0 Å². The predicted octanol–water partition coefficient (Wildman–Crippen LogP) is 3.58. The summed E-state index contributed by atoms with van der Waals surface area (Å²) in [6.07, 6.45) is -4.64. The molecule has 1 atom stereocenters. The Kier molecular flexibility index (Phi) is 6.23. The van der Waals surface area contributed by atoms with Crippen molar-refractivity contribution in [3.05, 3.63) is 65.2 Å². The standard InChI is InChI=1S/C18H20F3NO2/c1-24-16-7-5-13(6-8-16)9-10-22-12-17(23)14-3-2-4-15(11-14)18(19,20)21/h2-8,11,17,22-23H,9-10,12H2,1H3. The number of alkyl halides is 3. The molecule has 130 valence electrons. The minimum Gasteiger partial charge on any atom is -0.497 e. The van der Waals surface area contributed by atoms with E-state index in [1.165, 1.54) is 12.1 Å². The third kappa shape index (κ3) is 5.25. The van der Waals surface area contributed by atoms with E-state index in [4.69, 9.17) is 4.74 Å². The van der Waals surface area contributed by atoms with Crippen molar-refractivity contribution in [3.63, 3.8) is 0 Å². The molecule has 0 aliphatic rings. The maximum Gasteiger partial charge on any atom is 0.416 e. The van der Waals surface area contributed by atoms with Crippen LogP contribution in [0.3, 0.4) is 0 Å². The SMILES string of the molecule is COc1ccc(CCNCC(O)c2cccc(C(F)(F)F)c2)cc1. The van der Waals surface area contributed by atoms with E-state index in [0.717, 1.165) is 29.9 Å². The summed E-state index contributed by atoms with van der Waals surface area (Å²) in [5.74, 6) is 0.784. The summed E-state index contributed by atoms with van der Waals surface area (Å²) in [5.41, 5.74) is 0.607. The molecule has 0 fully saturated rings. The van der Waals surface area contributed by atoms with Gasteiger partial charge in [0.05, 0.1) is 18.8 Å². The van der Waals surface area contributed by atoms with Gasteiger partial charge in [-0.05, 0) is 48.4 Å². The first kappa shape index (κ1) is 18.3. The number of aliphatic hydroxyl groups excluding tert-OH is 1. The van der Waals surface area contributed by atoms with Gasteiger partial charge in [-0.1, -0.05) is 24.3 Å². The minimum atomic E-state index is -4.41. The number of methoxy groups -OCH3 is 1. The molecule has 2 rings (SSSR count). The Morgan fingerprint density at radius 3 is 2.46 bits per heavy atom. The number of hydrogen-bond acceptors (Lipinski definition) is 3. The predicted molar refractivity (Wildman–Crippen MR) is 86.0 cm³/mol. The van der Waals surface area contributed by atoms with E-state index in [1.54, 1.807) is 7.11 Å². The van der Waals surface area contributed by atoms with E-state index in [1.807, 2.05) is 24.3 Å². The molecule has 6 heteroatoms. The topological polar surface area (TPSA) is 41.5 Å². The minimum absolute atomic E-state index is 0.192. The molecular weight excluding hydrogens is 319 g/mol. The van der Waals surface area contributed by atoms with E-state index in [0.29, 0.717) is 6.54 Å². The monoisotopic (exact) mass is 339 g/mol. The van der Waals surface area contributed by atoms with Gasteiger partial charge < -0.3 is 15.2 Å². The molecule has 0 saturated heterocycles. The van der Waals surface area contributed by atoms with E-state index < -0.39 is 17.8 Å². The molecule has 2 aromatic rings. The summed E-state index contributed by atoms with van der Waals surface area (Å²) in [4.78, 5) is 0. The summed E-state index contributed by atoms with van der Waals surface area (Å²) in [6, 6.07) is 12.4. The Labute approximate surface area is 139 Å². The van der Waals surface area contributed by atoms with Gasteiger partial charge in [-0.3, -0.25) is 0 Å². The molecule has 0 aromatic heterocycles. The van der Waals surface area contributed by atoms with Crippen molar-refractivity contribution in [1.29, 1.82) is 0 Å². The van der Waals surface area contributed by atoms with Crippen molar-refractivity contribution in [2.75, 3.05) is 20.2 Å². The van der Waals surface area contributed by atoms with Crippen LogP contribution in [0.25, 0.3) is 0 Å². The zero-order valence-electron chi connectivity index (χ0n) is 13.3. The Morgan fingerprint density at radius 2 is 1.83 bits per heavy atom. The van der Waals surface area contributed by atoms with Gasteiger partial charge in [0, 0.05) is 6.54 Å². The summed E-state index contributed by atoms with van der Waals surface area (Å²) >= 11 is 0. The molecule has 0 saturated carbocycles. The van der Waals surface area contributed by atoms with Crippen molar-refractivity contribution < 1.29 is 23.0 Å². The van der Waals surface area contributed by atoms with Gasteiger partial charge in [0.1, 0.15) is 5.75 Å². The Balaban J connectivity index is 1.81. The second-order valence-corrected chi connectivity index (χ2v) is 5.44. The fraction of sp³-hybridized carbons (Fsp3) is 0.333. The Bertz CT molecular complexity index is 641. The molecule has 1 unspecified atom stereocenters. The van der Waals surface area contributed by atoms with Crippen LogP contribution in [0.4, 0.5) is 13.2 Å². The van der Waals surface area contributed by atoms with Crippen molar-refractivity contribution in [1.82, 2.24) is 5.32 Å². The highest BCUT2D eigenvalue weighted by Crippen LogP contribution is 2.30. The molecule has 0 radical (unpaired) electrons. The molecule has 2 aromatic carbocycles. The second kappa shape index (κ2) is 8.17. The van der Waals surface area contributed by atoms with Crippen molar-refractivity contribution >= 4 is 0 Å². The quantitative estimate of drug-likeness (QED) is 0.758. The van der Waals surface area contributed by atoms with Gasteiger partial charge in [0.2, 0.25) is 0 Å². The van der Waals surface area contributed by atoms with Crippen LogP contribution in [0.2, 0.25) is 0 Å². The first-order valence-electron chi connectivity index (χ1n) is 7.59. The third-order valence-corrected chi connectivity index (χ3v) is 3.69. The van der Waals surface area contributed by atoms with Gasteiger partial charge in [-0.25, -0.2) is 0 Å². The highest BCUT2D eigenvalue weighted by Gasteiger charge is 2.30. The number of ether oxygens (including phenoxy) is 1. The Hall–Kier alpha value is -2.05. The molecule has 0 amide bonds. The number of halogens is 3. The average Bonchev–Trinajstić information content (AvgIpc) is 2.58. The van der Waals surface area contributed by atoms with Crippen LogP contribution in [0.15, 0.2) is 48.5 Å². The first-order valence-corrected chi connectivity index (χ1v) is 7.59. The van der Waals surface area contributed by atoms with Crippen molar-refractivity contribution in [3.8, 4) is 5.75 Å². The number of benzene rings is 2. The van der Waals surface area contributed by atoms with Gasteiger partial charge in [0.25, 0.3) is 0 Å². The van der Waals surface area contributed by atoms with E-state index >= 15 is 0 Å². The average molecular weight is 339 g/mol. The molecule has 0 aliphatic heterocycles.